The molecule has 0 aliphatic carbocycles. The smallest absolute Gasteiger partial charge is 0.165 e. The molecule has 0 amide bonds. The maximum Gasteiger partial charge on any atom is 0.165 e. The molecule has 1 aliphatic heterocycles. The molecule has 33 heavy (non-hydrogen) atoms. The maximum absolute atomic E-state index is 13.8. The van der Waals surface area contributed by atoms with E-state index in [4.69, 9.17) is 9.47 Å². The maximum atomic E-state index is 13.8. The second-order valence-electron chi connectivity index (χ2n) is 8.69. The number of para-hydroxylation sites is 1. The van der Waals surface area contributed by atoms with Gasteiger partial charge < -0.3 is 14.6 Å². The van der Waals surface area contributed by atoms with Gasteiger partial charge in [0.2, 0.25) is 0 Å². The Kier molecular flexibility index (Phi) is 7.96. The molecule has 2 heterocycles. The van der Waals surface area contributed by atoms with E-state index in [-0.39, 0.29) is 12.4 Å². The second-order valence-corrected chi connectivity index (χ2v) is 8.69. The molecule has 0 saturated carbocycles. The van der Waals surface area contributed by atoms with Gasteiger partial charge in [0.05, 0.1) is 12.2 Å². The van der Waals surface area contributed by atoms with Crippen molar-refractivity contribution in [2.45, 2.75) is 44.4 Å². The van der Waals surface area contributed by atoms with Crippen LogP contribution in [0.5, 0.6) is 11.5 Å². The van der Waals surface area contributed by atoms with Gasteiger partial charge in [0, 0.05) is 38.4 Å². The number of aromatic nitrogens is 2. The van der Waals surface area contributed by atoms with E-state index in [1.54, 1.807) is 24.4 Å². The zero-order valence-electron chi connectivity index (χ0n) is 18.9. The first-order chi connectivity index (χ1) is 16.1. The molecule has 1 aromatic heterocycles. The highest BCUT2D eigenvalue weighted by atomic mass is 19.1. The normalized spacial score (nSPS) is 19.2. The van der Waals surface area contributed by atoms with Crippen LogP contribution in [-0.4, -0.2) is 51.7 Å². The summed E-state index contributed by atoms with van der Waals surface area (Å²) in [6.07, 6.45) is 6.72. The summed E-state index contributed by atoms with van der Waals surface area (Å²) in [7, 11) is 0. The number of hydrogen-bond acceptors (Lipinski definition) is 5. The van der Waals surface area contributed by atoms with Gasteiger partial charge in [0.15, 0.2) is 11.6 Å². The number of halogens is 1. The molecule has 1 atom stereocenters. The van der Waals surface area contributed by atoms with Crippen molar-refractivity contribution in [3.63, 3.8) is 0 Å². The van der Waals surface area contributed by atoms with Crippen LogP contribution in [0.2, 0.25) is 0 Å². The van der Waals surface area contributed by atoms with Crippen LogP contribution < -0.4 is 9.47 Å². The summed E-state index contributed by atoms with van der Waals surface area (Å²) in [6.45, 7) is 4.04. The first-order valence-electron chi connectivity index (χ1n) is 11.6. The monoisotopic (exact) mass is 453 g/mol. The minimum absolute atomic E-state index is 0.101. The lowest BCUT2D eigenvalue weighted by molar-refractivity contribution is -0.0177. The molecule has 0 unspecified atom stereocenters. The summed E-state index contributed by atoms with van der Waals surface area (Å²) in [4.78, 5) is 2.35. The lowest BCUT2D eigenvalue weighted by Gasteiger charge is -2.27. The van der Waals surface area contributed by atoms with Gasteiger partial charge in [-0.05, 0) is 61.7 Å². The number of likely N-dealkylation sites (tertiary alicyclic amines) is 1. The minimum Gasteiger partial charge on any atom is -0.494 e. The molecule has 1 saturated heterocycles. The highest BCUT2D eigenvalue weighted by Gasteiger charge is 2.31. The van der Waals surface area contributed by atoms with Gasteiger partial charge in [-0.3, -0.25) is 9.58 Å². The fourth-order valence-electron chi connectivity index (χ4n) is 4.15. The molecular weight excluding hydrogens is 421 g/mol. The standard InChI is InChI=1S/C26H32FN3O3/c27-24-9-1-2-10-25(24)33-21-26(31)11-4-14-29(17-12-26)20-22-7-3-8-23(19-22)32-18-6-16-30-15-5-13-28-30/h1-3,5,7-10,13,15,19,31H,4,6,11-12,14,16-18,20-21H2/t26-/m0/s1. The summed E-state index contributed by atoms with van der Waals surface area (Å²) in [6, 6.07) is 16.4. The average molecular weight is 454 g/mol. The van der Waals surface area contributed by atoms with Crippen LogP contribution in [-0.2, 0) is 13.1 Å². The average Bonchev–Trinajstić information content (AvgIpc) is 3.27. The van der Waals surface area contributed by atoms with Crippen molar-refractivity contribution in [2.75, 3.05) is 26.3 Å². The predicted molar refractivity (Wildman–Crippen MR) is 125 cm³/mol. The largest absolute Gasteiger partial charge is 0.494 e. The summed E-state index contributed by atoms with van der Waals surface area (Å²) < 4.78 is 27.3. The van der Waals surface area contributed by atoms with Crippen molar-refractivity contribution in [1.29, 1.82) is 0 Å². The Balaban J connectivity index is 1.24. The number of benzene rings is 2. The molecule has 1 N–H and O–H groups in total. The molecule has 3 aromatic rings. The molecule has 1 aliphatic rings. The first-order valence-corrected chi connectivity index (χ1v) is 11.6. The fraction of sp³-hybridized carbons (Fsp3) is 0.423. The quantitative estimate of drug-likeness (QED) is 0.464. The molecule has 6 nitrogen and oxygen atoms in total. The number of aryl methyl sites for hydroxylation is 1. The Labute approximate surface area is 194 Å². The predicted octanol–water partition coefficient (Wildman–Crippen LogP) is 4.29. The van der Waals surface area contributed by atoms with E-state index in [0.717, 1.165) is 44.8 Å². The van der Waals surface area contributed by atoms with Crippen LogP contribution in [0.1, 0.15) is 31.2 Å². The molecule has 0 bridgehead atoms. The van der Waals surface area contributed by atoms with Gasteiger partial charge in [-0.15, -0.1) is 0 Å². The van der Waals surface area contributed by atoms with E-state index in [1.165, 1.54) is 11.6 Å². The Morgan fingerprint density at radius 1 is 1.03 bits per heavy atom. The number of hydrogen-bond donors (Lipinski definition) is 1. The molecule has 1 fully saturated rings. The third kappa shape index (κ3) is 7.04. The van der Waals surface area contributed by atoms with E-state index < -0.39 is 11.4 Å². The topological polar surface area (TPSA) is 59.8 Å². The first kappa shape index (κ1) is 23.3. The Hall–Kier alpha value is -2.90. The van der Waals surface area contributed by atoms with Gasteiger partial charge in [-0.1, -0.05) is 24.3 Å². The van der Waals surface area contributed by atoms with Gasteiger partial charge in [0.1, 0.15) is 12.4 Å². The third-order valence-corrected chi connectivity index (χ3v) is 6.01. The lowest BCUT2D eigenvalue weighted by atomic mass is 9.96. The minimum atomic E-state index is -0.948. The number of aliphatic hydroxyl groups is 1. The Morgan fingerprint density at radius 2 is 1.94 bits per heavy atom. The van der Waals surface area contributed by atoms with Crippen molar-refractivity contribution in [3.05, 3.63) is 78.4 Å². The molecular formula is C26H32FN3O3. The fourth-order valence-corrected chi connectivity index (χ4v) is 4.15. The molecule has 0 spiro atoms. The summed E-state index contributed by atoms with van der Waals surface area (Å²) in [5.41, 5.74) is 0.240. The van der Waals surface area contributed by atoms with E-state index in [0.29, 0.717) is 19.4 Å². The molecule has 176 valence electrons. The van der Waals surface area contributed by atoms with Crippen molar-refractivity contribution < 1.29 is 19.0 Å². The summed E-state index contributed by atoms with van der Waals surface area (Å²) in [5.74, 6) is 0.658. The Morgan fingerprint density at radius 3 is 2.79 bits per heavy atom. The van der Waals surface area contributed by atoms with Gasteiger partial charge in [-0.2, -0.15) is 5.10 Å². The van der Waals surface area contributed by atoms with Gasteiger partial charge in [0.25, 0.3) is 0 Å². The highest BCUT2D eigenvalue weighted by molar-refractivity contribution is 5.28. The summed E-state index contributed by atoms with van der Waals surface area (Å²) >= 11 is 0. The zero-order chi connectivity index (χ0) is 22.9. The third-order valence-electron chi connectivity index (χ3n) is 6.01. The van der Waals surface area contributed by atoms with E-state index in [9.17, 15) is 9.50 Å². The number of ether oxygens (including phenoxy) is 2. The van der Waals surface area contributed by atoms with Crippen LogP contribution in [0.25, 0.3) is 0 Å². The van der Waals surface area contributed by atoms with Crippen molar-refractivity contribution in [3.8, 4) is 11.5 Å². The zero-order valence-corrected chi connectivity index (χ0v) is 18.9. The van der Waals surface area contributed by atoms with Crippen LogP contribution >= 0.6 is 0 Å². The lowest BCUT2D eigenvalue weighted by Crippen LogP contribution is -2.37. The van der Waals surface area contributed by atoms with E-state index in [2.05, 4.69) is 22.1 Å². The van der Waals surface area contributed by atoms with E-state index in [1.807, 2.05) is 29.1 Å². The van der Waals surface area contributed by atoms with Crippen LogP contribution in [0.4, 0.5) is 4.39 Å². The van der Waals surface area contributed by atoms with Crippen LogP contribution in [0.15, 0.2) is 67.0 Å². The van der Waals surface area contributed by atoms with Crippen LogP contribution in [0.3, 0.4) is 0 Å². The van der Waals surface area contributed by atoms with Crippen molar-refractivity contribution in [1.82, 2.24) is 14.7 Å². The van der Waals surface area contributed by atoms with Crippen molar-refractivity contribution >= 4 is 0 Å². The molecule has 0 radical (unpaired) electrons. The Bertz CT molecular complexity index is 998. The second kappa shape index (κ2) is 11.3. The number of nitrogens with zero attached hydrogens (tertiary/aromatic N) is 3. The van der Waals surface area contributed by atoms with Crippen LogP contribution in [0, 0.1) is 5.82 Å². The SMILES string of the molecule is O[C@@]1(COc2ccccc2F)CCCN(Cc2cccc(OCCCn3cccn3)c2)CC1. The summed E-state index contributed by atoms with van der Waals surface area (Å²) in [5, 5.41) is 15.2. The van der Waals surface area contributed by atoms with E-state index >= 15 is 0 Å². The van der Waals surface area contributed by atoms with Crippen molar-refractivity contribution in [2.24, 2.45) is 0 Å². The van der Waals surface area contributed by atoms with Gasteiger partial charge in [-0.25, -0.2) is 4.39 Å². The van der Waals surface area contributed by atoms with Gasteiger partial charge >= 0.3 is 0 Å². The number of rotatable bonds is 10. The molecule has 4 rings (SSSR count). The molecule has 2 aromatic carbocycles. The molecule has 7 heteroatoms. The highest BCUT2D eigenvalue weighted by Crippen LogP contribution is 2.26.